The van der Waals surface area contributed by atoms with E-state index in [0.717, 1.165) is 41.7 Å². The molecule has 2 heterocycles. The molecule has 0 saturated heterocycles. The molecule has 1 aromatic carbocycles. The minimum Gasteiger partial charge on any atom is -0.494 e. The van der Waals surface area contributed by atoms with Crippen LogP contribution in [0.4, 0.5) is 5.00 Å². The van der Waals surface area contributed by atoms with Crippen LogP contribution in [0.1, 0.15) is 50.3 Å². The highest BCUT2D eigenvalue weighted by Crippen LogP contribution is 2.41. The summed E-state index contributed by atoms with van der Waals surface area (Å²) < 4.78 is 0. The molecule has 8 heteroatoms. The van der Waals surface area contributed by atoms with Crippen LogP contribution in [-0.2, 0) is 12.8 Å². The van der Waals surface area contributed by atoms with Gasteiger partial charge in [0.1, 0.15) is 10.6 Å². The van der Waals surface area contributed by atoms with Crippen LogP contribution in [0.15, 0.2) is 38.8 Å². The number of aliphatic imine (C=N–C) groups is 1. The van der Waals surface area contributed by atoms with Gasteiger partial charge in [0.2, 0.25) is 5.88 Å². The quantitative estimate of drug-likeness (QED) is 0.454. The standard InChI is InChI=1S/C21H19N3O4S/c1-11-6-8-12(9-7-11)17(25)16-13-4-2-3-5-15(13)29-20(16)22-10-14-18(26)23-21(28)24-19(14)27/h6-10H,2-5H2,1H3,(H3,23,24,26,27,28)/b22-10+. The zero-order valence-electron chi connectivity index (χ0n) is 15.7. The Kier molecular flexibility index (Phi) is 5.02. The minimum absolute atomic E-state index is 0.101. The van der Waals surface area contributed by atoms with Gasteiger partial charge in [-0.2, -0.15) is 0 Å². The lowest BCUT2D eigenvalue weighted by atomic mass is 9.92. The molecule has 1 aliphatic carbocycles. The average Bonchev–Trinajstić information content (AvgIpc) is 3.05. The van der Waals surface area contributed by atoms with E-state index in [4.69, 9.17) is 0 Å². The Balaban J connectivity index is 1.81. The molecule has 1 aliphatic rings. The normalized spacial score (nSPS) is 13.6. The molecule has 148 valence electrons. The zero-order chi connectivity index (χ0) is 20.5. The van der Waals surface area contributed by atoms with Crippen LogP contribution in [0.5, 0.6) is 5.88 Å². The summed E-state index contributed by atoms with van der Waals surface area (Å²) in [4.78, 5) is 46.1. The number of fused-ring (bicyclic) bond motifs is 1. The van der Waals surface area contributed by atoms with Gasteiger partial charge in [-0.1, -0.05) is 29.8 Å². The van der Waals surface area contributed by atoms with Crippen LogP contribution >= 0.6 is 11.3 Å². The van der Waals surface area contributed by atoms with Crippen LogP contribution < -0.4 is 11.2 Å². The topological polar surface area (TPSA) is 115 Å². The number of hydrogen-bond donors (Lipinski definition) is 3. The summed E-state index contributed by atoms with van der Waals surface area (Å²) in [6, 6.07) is 7.40. The van der Waals surface area contributed by atoms with Gasteiger partial charge in [0.25, 0.3) is 5.56 Å². The first-order valence-corrected chi connectivity index (χ1v) is 10.1. The van der Waals surface area contributed by atoms with Crippen LogP contribution in [0, 0.1) is 6.92 Å². The van der Waals surface area contributed by atoms with Gasteiger partial charge >= 0.3 is 5.69 Å². The number of H-pyrrole nitrogens is 2. The molecule has 0 amide bonds. The van der Waals surface area contributed by atoms with Gasteiger partial charge < -0.3 is 5.11 Å². The smallest absolute Gasteiger partial charge is 0.328 e. The lowest BCUT2D eigenvalue weighted by Gasteiger charge is -2.12. The third-order valence-electron chi connectivity index (χ3n) is 4.96. The highest BCUT2D eigenvalue weighted by molar-refractivity contribution is 7.16. The van der Waals surface area contributed by atoms with E-state index in [1.54, 1.807) is 12.1 Å². The molecule has 0 unspecified atom stereocenters. The molecule has 0 aliphatic heterocycles. The number of carbonyl (C=O) groups excluding carboxylic acids is 1. The number of benzene rings is 1. The number of ketones is 1. The Morgan fingerprint density at radius 1 is 1.14 bits per heavy atom. The Labute approximate surface area is 169 Å². The van der Waals surface area contributed by atoms with E-state index >= 15 is 0 Å². The number of thiophene rings is 1. The van der Waals surface area contributed by atoms with Crippen molar-refractivity contribution < 1.29 is 9.90 Å². The van der Waals surface area contributed by atoms with Gasteiger partial charge in [0, 0.05) is 16.7 Å². The summed E-state index contributed by atoms with van der Waals surface area (Å²) in [5.41, 5.74) is 1.53. The zero-order valence-corrected chi connectivity index (χ0v) is 16.6. The number of rotatable bonds is 4. The average molecular weight is 409 g/mol. The number of aromatic hydroxyl groups is 1. The van der Waals surface area contributed by atoms with E-state index < -0.39 is 17.1 Å². The molecule has 29 heavy (non-hydrogen) atoms. The summed E-state index contributed by atoms with van der Waals surface area (Å²) in [5.74, 6) is -0.661. The second-order valence-electron chi connectivity index (χ2n) is 7.01. The van der Waals surface area contributed by atoms with E-state index in [9.17, 15) is 19.5 Å². The number of carbonyl (C=O) groups is 1. The first-order chi connectivity index (χ1) is 13.9. The van der Waals surface area contributed by atoms with Crippen molar-refractivity contribution in [1.29, 1.82) is 0 Å². The number of aromatic amines is 2. The first-order valence-electron chi connectivity index (χ1n) is 9.29. The van der Waals surface area contributed by atoms with Gasteiger partial charge in [-0.25, -0.2) is 9.79 Å². The van der Waals surface area contributed by atoms with Crippen molar-refractivity contribution in [2.75, 3.05) is 0 Å². The first kappa shape index (κ1) is 19.1. The highest BCUT2D eigenvalue weighted by atomic mass is 32.1. The predicted octanol–water partition coefficient (Wildman–Crippen LogP) is 3.00. The highest BCUT2D eigenvalue weighted by Gasteiger charge is 2.26. The number of aromatic nitrogens is 2. The fourth-order valence-corrected chi connectivity index (χ4v) is 4.68. The van der Waals surface area contributed by atoms with Gasteiger partial charge in [0.15, 0.2) is 5.78 Å². The second-order valence-corrected chi connectivity index (χ2v) is 8.10. The Hall–Kier alpha value is -3.26. The lowest BCUT2D eigenvalue weighted by molar-refractivity contribution is 0.103. The summed E-state index contributed by atoms with van der Waals surface area (Å²) in [7, 11) is 0. The van der Waals surface area contributed by atoms with E-state index in [0.29, 0.717) is 16.1 Å². The van der Waals surface area contributed by atoms with Crippen molar-refractivity contribution in [2.24, 2.45) is 4.99 Å². The minimum atomic E-state index is -0.800. The van der Waals surface area contributed by atoms with Gasteiger partial charge in [0.05, 0.1) is 5.56 Å². The summed E-state index contributed by atoms with van der Waals surface area (Å²) in [6.45, 7) is 1.96. The molecule has 0 radical (unpaired) electrons. The fraction of sp³-hybridized carbons (Fsp3) is 0.238. The van der Waals surface area contributed by atoms with Crippen molar-refractivity contribution >= 4 is 28.3 Å². The maximum Gasteiger partial charge on any atom is 0.328 e. The van der Waals surface area contributed by atoms with Crippen molar-refractivity contribution in [3.05, 3.63) is 77.8 Å². The molecular weight excluding hydrogens is 390 g/mol. The monoisotopic (exact) mass is 409 g/mol. The van der Waals surface area contributed by atoms with Crippen molar-refractivity contribution in [2.45, 2.75) is 32.6 Å². The van der Waals surface area contributed by atoms with Crippen molar-refractivity contribution in [3.63, 3.8) is 0 Å². The Morgan fingerprint density at radius 3 is 2.59 bits per heavy atom. The molecule has 0 spiro atoms. The second kappa shape index (κ2) is 7.63. The molecule has 3 aromatic rings. The molecular formula is C21H19N3O4S. The predicted molar refractivity (Wildman–Crippen MR) is 112 cm³/mol. The maximum atomic E-state index is 13.3. The Morgan fingerprint density at radius 2 is 1.86 bits per heavy atom. The maximum absolute atomic E-state index is 13.3. The molecule has 0 saturated carbocycles. The van der Waals surface area contributed by atoms with Crippen molar-refractivity contribution in [3.8, 4) is 5.88 Å². The SMILES string of the molecule is Cc1ccc(C(=O)c2c(/N=C/c3c(O)[nH]c(=O)[nH]c3=O)sc3c2CCCC3)cc1. The molecule has 2 aromatic heterocycles. The number of aryl methyl sites for hydroxylation is 2. The van der Waals surface area contributed by atoms with E-state index in [-0.39, 0.29) is 11.3 Å². The van der Waals surface area contributed by atoms with Gasteiger partial charge in [-0.05, 0) is 38.2 Å². The van der Waals surface area contributed by atoms with Crippen LogP contribution in [-0.4, -0.2) is 27.1 Å². The third-order valence-corrected chi connectivity index (χ3v) is 6.16. The van der Waals surface area contributed by atoms with Crippen LogP contribution in [0.2, 0.25) is 0 Å². The summed E-state index contributed by atoms with van der Waals surface area (Å²) in [5, 5.41) is 10.4. The Bertz CT molecular complexity index is 1230. The summed E-state index contributed by atoms with van der Waals surface area (Å²) >= 11 is 1.44. The van der Waals surface area contributed by atoms with Gasteiger partial charge in [-0.3, -0.25) is 19.6 Å². The molecule has 0 atom stereocenters. The lowest BCUT2D eigenvalue weighted by Crippen LogP contribution is -2.24. The molecule has 4 rings (SSSR count). The summed E-state index contributed by atoms with van der Waals surface area (Å²) in [6.07, 6.45) is 4.98. The van der Waals surface area contributed by atoms with E-state index in [1.807, 2.05) is 19.1 Å². The van der Waals surface area contributed by atoms with Crippen molar-refractivity contribution in [1.82, 2.24) is 9.97 Å². The molecule has 0 bridgehead atoms. The van der Waals surface area contributed by atoms with Crippen LogP contribution in [0.3, 0.4) is 0 Å². The number of nitrogens with zero attached hydrogens (tertiary/aromatic N) is 1. The van der Waals surface area contributed by atoms with E-state index in [2.05, 4.69) is 15.0 Å². The van der Waals surface area contributed by atoms with Gasteiger partial charge in [-0.15, -0.1) is 11.3 Å². The van der Waals surface area contributed by atoms with Crippen LogP contribution in [0.25, 0.3) is 0 Å². The molecule has 7 nitrogen and oxygen atoms in total. The largest absolute Gasteiger partial charge is 0.494 e. The van der Waals surface area contributed by atoms with E-state index in [1.165, 1.54) is 17.6 Å². The third kappa shape index (κ3) is 3.71. The molecule has 0 fully saturated rings. The fourth-order valence-electron chi connectivity index (χ4n) is 3.45. The molecule has 3 N–H and O–H groups in total. The number of nitrogens with one attached hydrogen (secondary N) is 2. The number of hydrogen-bond acceptors (Lipinski definition) is 6.